The number of esters is 1. The minimum atomic E-state index is -0.532. The number of carbonyl (C=O) groups is 2. The normalized spacial score (nSPS) is 16.7. The summed E-state index contributed by atoms with van der Waals surface area (Å²) in [6.45, 7) is 3.38. The van der Waals surface area contributed by atoms with Crippen LogP contribution in [0.1, 0.15) is 38.2 Å². The van der Waals surface area contributed by atoms with E-state index in [0.717, 1.165) is 31.2 Å². The van der Waals surface area contributed by atoms with Crippen LogP contribution in [0, 0.1) is 12.8 Å². The van der Waals surface area contributed by atoms with Gasteiger partial charge < -0.3 is 10.1 Å². The van der Waals surface area contributed by atoms with Crippen LogP contribution in [-0.4, -0.2) is 17.9 Å². The Morgan fingerprint density at radius 3 is 2.60 bits per heavy atom. The van der Waals surface area contributed by atoms with Crippen LogP contribution < -0.4 is 10.1 Å². The Morgan fingerprint density at radius 2 is 2.00 bits per heavy atom. The van der Waals surface area contributed by atoms with Gasteiger partial charge in [-0.2, -0.15) is 0 Å². The van der Waals surface area contributed by atoms with Gasteiger partial charge in [0, 0.05) is 6.92 Å². The van der Waals surface area contributed by atoms with Crippen molar-refractivity contribution in [3.8, 4) is 5.75 Å². The predicted molar refractivity (Wildman–Crippen MR) is 76.4 cm³/mol. The number of carbonyl (C=O) groups excluding carboxylic acids is 2. The fourth-order valence-corrected chi connectivity index (χ4v) is 2.74. The van der Waals surface area contributed by atoms with Crippen LogP contribution >= 0.6 is 0 Å². The number of nitrogens with one attached hydrogen (secondary N) is 1. The van der Waals surface area contributed by atoms with Crippen LogP contribution in [0.3, 0.4) is 0 Å². The van der Waals surface area contributed by atoms with Crippen molar-refractivity contribution in [2.45, 2.75) is 45.6 Å². The highest BCUT2D eigenvalue weighted by molar-refractivity contribution is 5.84. The SMILES string of the molecule is CC(=O)NC(C(=O)Oc1cccc(C)c1)C1CCCC1. The van der Waals surface area contributed by atoms with E-state index in [4.69, 9.17) is 4.74 Å². The van der Waals surface area contributed by atoms with Gasteiger partial charge in [0.2, 0.25) is 5.91 Å². The van der Waals surface area contributed by atoms with Gasteiger partial charge in [0.15, 0.2) is 0 Å². The maximum atomic E-state index is 12.3. The number of hydrogen-bond donors (Lipinski definition) is 1. The summed E-state index contributed by atoms with van der Waals surface area (Å²) in [7, 11) is 0. The summed E-state index contributed by atoms with van der Waals surface area (Å²) in [6.07, 6.45) is 4.15. The maximum absolute atomic E-state index is 12.3. The molecule has 0 radical (unpaired) electrons. The number of ether oxygens (including phenoxy) is 1. The smallest absolute Gasteiger partial charge is 0.334 e. The number of benzene rings is 1. The first-order valence-corrected chi connectivity index (χ1v) is 7.12. The molecular formula is C16H21NO3. The zero-order valence-electron chi connectivity index (χ0n) is 12.0. The van der Waals surface area contributed by atoms with Gasteiger partial charge in [-0.25, -0.2) is 4.79 Å². The molecule has 1 N–H and O–H groups in total. The van der Waals surface area contributed by atoms with Crippen molar-refractivity contribution in [1.82, 2.24) is 5.32 Å². The van der Waals surface area contributed by atoms with Gasteiger partial charge in [-0.1, -0.05) is 25.0 Å². The first-order chi connectivity index (χ1) is 9.56. The van der Waals surface area contributed by atoms with E-state index < -0.39 is 6.04 Å². The minimum absolute atomic E-state index is 0.191. The lowest BCUT2D eigenvalue weighted by Crippen LogP contribution is -2.46. The Morgan fingerprint density at radius 1 is 1.30 bits per heavy atom. The molecule has 0 spiro atoms. The van der Waals surface area contributed by atoms with Crippen molar-refractivity contribution in [3.05, 3.63) is 29.8 Å². The van der Waals surface area contributed by atoms with Crippen molar-refractivity contribution < 1.29 is 14.3 Å². The summed E-state index contributed by atoms with van der Waals surface area (Å²) in [5, 5.41) is 2.74. The summed E-state index contributed by atoms with van der Waals surface area (Å²) in [6, 6.07) is 6.83. The van der Waals surface area contributed by atoms with E-state index in [2.05, 4.69) is 5.32 Å². The van der Waals surface area contributed by atoms with Gasteiger partial charge in [0.05, 0.1) is 0 Å². The molecule has 0 saturated heterocycles. The molecule has 1 atom stereocenters. The van der Waals surface area contributed by atoms with Crippen LogP contribution in [0.25, 0.3) is 0 Å². The van der Waals surface area contributed by atoms with Crippen LogP contribution in [0.5, 0.6) is 5.75 Å². The van der Waals surface area contributed by atoms with Gasteiger partial charge in [0.1, 0.15) is 11.8 Å². The molecule has 1 fully saturated rings. The van der Waals surface area contributed by atoms with Crippen LogP contribution in [0.2, 0.25) is 0 Å². The average Bonchev–Trinajstić information content (AvgIpc) is 2.89. The van der Waals surface area contributed by atoms with E-state index in [-0.39, 0.29) is 17.8 Å². The fraction of sp³-hybridized carbons (Fsp3) is 0.500. The molecule has 1 unspecified atom stereocenters. The maximum Gasteiger partial charge on any atom is 0.334 e. The van der Waals surface area contributed by atoms with Crippen LogP contribution in [-0.2, 0) is 9.59 Å². The number of amides is 1. The minimum Gasteiger partial charge on any atom is -0.425 e. The molecule has 1 aromatic carbocycles. The second kappa shape index (κ2) is 6.55. The van der Waals surface area contributed by atoms with Crippen LogP contribution in [0.15, 0.2) is 24.3 Å². The fourth-order valence-electron chi connectivity index (χ4n) is 2.74. The van der Waals surface area contributed by atoms with Crippen molar-refractivity contribution >= 4 is 11.9 Å². The molecule has 2 rings (SSSR count). The number of hydrogen-bond acceptors (Lipinski definition) is 3. The van der Waals surface area contributed by atoms with E-state index in [1.807, 2.05) is 25.1 Å². The van der Waals surface area contributed by atoms with Crippen LogP contribution in [0.4, 0.5) is 0 Å². The molecule has 1 aliphatic rings. The largest absolute Gasteiger partial charge is 0.425 e. The van der Waals surface area contributed by atoms with Gasteiger partial charge >= 0.3 is 5.97 Å². The lowest BCUT2D eigenvalue weighted by molar-refractivity contribution is -0.140. The summed E-state index contributed by atoms with van der Waals surface area (Å²) in [5.41, 5.74) is 1.03. The molecular weight excluding hydrogens is 254 g/mol. The quantitative estimate of drug-likeness (QED) is 0.679. The van der Waals surface area contributed by atoms with Gasteiger partial charge in [-0.3, -0.25) is 4.79 Å². The van der Waals surface area contributed by atoms with E-state index in [1.165, 1.54) is 6.92 Å². The molecule has 108 valence electrons. The molecule has 0 aromatic heterocycles. The van der Waals surface area contributed by atoms with Crippen molar-refractivity contribution in [2.75, 3.05) is 0 Å². The van der Waals surface area contributed by atoms with E-state index in [9.17, 15) is 9.59 Å². The summed E-state index contributed by atoms with van der Waals surface area (Å²) in [5.74, 6) is 0.167. The van der Waals surface area contributed by atoms with Crippen molar-refractivity contribution in [2.24, 2.45) is 5.92 Å². The summed E-state index contributed by atoms with van der Waals surface area (Å²) >= 11 is 0. The second-order valence-electron chi connectivity index (χ2n) is 5.46. The lowest BCUT2D eigenvalue weighted by Gasteiger charge is -2.22. The first kappa shape index (κ1) is 14.6. The van der Waals surface area contributed by atoms with E-state index >= 15 is 0 Å². The van der Waals surface area contributed by atoms with E-state index in [0.29, 0.717) is 5.75 Å². The monoisotopic (exact) mass is 275 g/mol. The highest BCUT2D eigenvalue weighted by atomic mass is 16.5. The van der Waals surface area contributed by atoms with Gasteiger partial charge in [-0.15, -0.1) is 0 Å². The third-order valence-corrected chi connectivity index (χ3v) is 3.69. The lowest BCUT2D eigenvalue weighted by atomic mass is 9.98. The number of aryl methyl sites for hydroxylation is 1. The summed E-state index contributed by atoms with van der Waals surface area (Å²) < 4.78 is 5.42. The Bertz CT molecular complexity index is 492. The Balaban J connectivity index is 2.07. The molecule has 0 aliphatic heterocycles. The standard InChI is InChI=1S/C16H21NO3/c1-11-6-5-9-14(10-11)20-16(19)15(17-12(2)18)13-7-3-4-8-13/h5-6,9-10,13,15H,3-4,7-8H2,1-2H3,(H,17,18). The van der Waals surface area contributed by atoms with Crippen molar-refractivity contribution in [3.63, 3.8) is 0 Å². The van der Waals surface area contributed by atoms with E-state index in [1.54, 1.807) is 6.07 Å². The molecule has 20 heavy (non-hydrogen) atoms. The third kappa shape index (κ3) is 3.83. The molecule has 4 nitrogen and oxygen atoms in total. The van der Waals surface area contributed by atoms with Gasteiger partial charge in [0.25, 0.3) is 0 Å². The Kier molecular flexibility index (Phi) is 4.77. The zero-order valence-corrected chi connectivity index (χ0v) is 12.0. The molecule has 0 bridgehead atoms. The molecule has 4 heteroatoms. The summed E-state index contributed by atoms with van der Waals surface area (Å²) in [4.78, 5) is 23.6. The molecule has 0 heterocycles. The highest BCUT2D eigenvalue weighted by Gasteiger charge is 2.32. The predicted octanol–water partition coefficient (Wildman–Crippen LogP) is 2.60. The highest BCUT2D eigenvalue weighted by Crippen LogP contribution is 2.28. The molecule has 1 aromatic rings. The molecule has 1 amide bonds. The first-order valence-electron chi connectivity index (χ1n) is 7.12. The Labute approximate surface area is 119 Å². The third-order valence-electron chi connectivity index (χ3n) is 3.69. The second-order valence-corrected chi connectivity index (χ2v) is 5.46. The zero-order chi connectivity index (χ0) is 14.5. The average molecular weight is 275 g/mol. The molecule has 1 aliphatic carbocycles. The Hall–Kier alpha value is -1.84. The van der Waals surface area contributed by atoms with Gasteiger partial charge in [-0.05, 0) is 43.4 Å². The van der Waals surface area contributed by atoms with Crippen molar-refractivity contribution in [1.29, 1.82) is 0 Å². The molecule has 1 saturated carbocycles. The number of rotatable bonds is 4. The topological polar surface area (TPSA) is 55.4 Å².